The first-order valence-corrected chi connectivity index (χ1v) is 15.3. The van der Waals surface area contributed by atoms with Crippen molar-refractivity contribution in [3.05, 3.63) is 35.9 Å². The SMILES string of the molecule is CC(C)[C@H]1C(=O)N[C@@H](CCCN=C(N)N)C(=O)NCC(=O)N[C@@H](CC(=O)O)C(=O)N[C@H](Cc2ccccc2)C(=O)N1CCCCN. The highest BCUT2D eigenvalue weighted by Gasteiger charge is 2.39. The summed E-state index contributed by atoms with van der Waals surface area (Å²) in [6, 6.07) is 3.88. The van der Waals surface area contributed by atoms with E-state index in [4.69, 9.17) is 17.2 Å². The van der Waals surface area contributed by atoms with Crippen LogP contribution in [0.5, 0.6) is 0 Å². The Hall–Kier alpha value is -4.73. The highest BCUT2D eigenvalue weighted by molar-refractivity contribution is 5.98. The number of nitrogens with two attached hydrogens (primary N) is 3. The molecule has 1 aliphatic heterocycles. The van der Waals surface area contributed by atoms with Gasteiger partial charge in [0.25, 0.3) is 0 Å². The molecular formula is C30H47N9O7. The zero-order valence-electron chi connectivity index (χ0n) is 26.4. The Morgan fingerprint density at radius 3 is 2.22 bits per heavy atom. The highest BCUT2D eigenvalue weighted by Crippen LogP contribution is 2.18. The van der Waals surface area contributed by atoms with Gasteiger partial charge in [-0.05, 0) is 43.7 Å². The second kappa shape index (κ2) is 18.9. The standard InChI is InChI=1S/C30H47N9O7/c1-18(2)25-28(45)37-20(11-8-13-34-30(32)33)26(43)35-17-23(40)36-21(16-24(41)42)27(44)38-22(15-19-9-4-3-5-10-19)29(46)39(25)14-7-6-12-31/h3-5,9-10,18,20-22,25H,6-8,11-17,31H2,1-2H3,(H,35,43)(H,36,40)(H,37,45)(H,38,44)(H,41,42)(H4,32,33,34)/t20-,21-,22+,25-/m0/s1. The van der Waals surface area contributed by atoms with Crippen molar-refractivity contribution in [3.63, 3.8) is 0 Å². The van der Waals surface area contributed by atoms with Crippen LogP contribution < -0.4 is 38.5 Å². The number of carbonyl (C=O) groups is 6. The highest BCUT2D eigenvalue weighted by atomic mass is 16.4. The molecule has 0 saturated carbocycles. The van der Waals surface area contributed by atoms with Crippen molar-refractivity contribution in [2.45, 2.75) is 76.5 Å². The van der Waals surface area contributed by atoms with Crippen molar-refractivity contribution >= 4 is 41.5 Å². The molecule has 0 aliphatic carbocycles. The number of nitrogens with zero attached hydrogens (tertiary/aromatic N) is 2. The minimum absolute atomic E-state index is 0.0203. The molecule has 0 unspecified atom stereocenters. The fraction of sp³-hybridized carbons (Fsp3) is 0.567. The van der Waals surface area contributed by atoms with Gasteiger partial charge in [0.05, 0.1) is 13.0 Å². The molecule has 1 aromatic carbocycles. The first-order chi connectivity index (χ1) is 21.8. The van der Waals surface area contributed by atoms with Crippen LogP contribution in [-0.4, -0.2) is 102 Å². The summed E-state index contributed by atoms with van der Waals surface area (Å²) < 4.78 is 0. The molecule has 4 atom stereocenters. The van der Waals surface area contributed by atoms with Gasteiger partial charge in [-0.3, -0.25) is 33.8 Å². The number of carboxylic acid groups (broad SMARTS) is 1. The van der Waals surface area contributed by atoms with Gasteiger partial charge < -0.3 is 48.5 Å². The summed E-state index contributed by atoms with van der Waals surface area (Å²) in [5, 5.41) is 19.6. The number of carboxylic acids is 1. The third-order valence-electron chi connectivity index (χ3n) is 7.30. The number of aliphatic carboxylic acids is 1. The smallest absolute Gasteiger partial charge is 0.305 e. The normalized spacial score (nSPS) is 21.7. The number of benzene rings is 1. The van der Waals surface area contributed by atoms with Gasteiger partial charge in [0.1, 0.15) is 24.2 Å². The number of amides is 5. The fourth-order valence-electron chi connectivity index (χ4n) is 5.09. The summed E-state index contributed by atoms with van der Waals surface area (Å²) in [5.41, 5.74) is 17.2. The number of aliphatic imine (C=N–C) groups is 1. The van der Waals surface area contributed by atoms with Crippen LogP contribution in [-0.2, 0) is 35.2 Å². The Labute approximate surface area is 268 Å². The van der Waals surface area contributed by atoms with E-state index in [9.17, 15) is 33.9 Å². The molecule has 11 N–H and O–H groups in total. The molecular weight excluding hydrogens is 598 g/mol. The maximum absolute atomic E-state index is 14.4. The van der Waals surface area contributed by atoms with Gasteiger partial charge in [0.15, 0.2) is 5.96 Å². The van der Waals surface area contributed by atoms with E-state index in [0.717, 1.165) is 0 Å². The van der Waals surface area contributed by atoms with E-state index in [-0.39, 0.29) is 31.9 Å². The van der Waals surface area contributed by atoms with Crippen molar-refractivity contribution in [1.29, 1.82) is 0 Å². The molecule has 46 heavy (non-hydrogen) atoms. The van der Waals surface area contributed by atoms with Crippen molar-refractivity contribution in [3.8, 4) is 0 Å². The summed E-state index contributed by atoms with van der Waals surface area (Å²) in [7, 11) is 0. The maximum atomic E-state index is 14.4. The Kier molecular flexibility index (Phi) is 15.4. The molecule has 1 fully saturated rings. The van der Waals surface area contributed by atoms with Crippen LogP contribution in [0.2, 0.25) is 0 Å². The van der Waals surface area contributed by atoms with Gasteiger partial charge in [0.2, 0.25) is 29.5 Å². The topological polar surface area (TPSA) is 264 Å². The lowest BCUT2D eigenvalue weighted by atomic mass is 9.97. The summed E-state index contributed by atoms with van der Waals surface area (Å²) in [6.07, 6.45) is 0.637. The minimum atomic E-state index is -1.56. The van der Waals surface area contributed by atoms with Gasteiger partial charge in [-0.1, -0.05) is 44.2 Å². The molecule has 0 spiro atoms. The number of hydrogen-bond acceptors (Lipinski definition) is 8. The second-order valence-corrected chi connectivity index (χ2v) is 11.4. The molecule has 16 heteroatoms. The average Bonchev–Trinajstić information content (AvgIpc) is 2.99. The summed E-state index contributed by atoms with van der Waals surface area (Å²) in [5.74, 6) is -5.58. The lowest BCUT2D eigenvalue weighted by molar-refractivity contribution is -0.146. The van der Waals surface area contributed by atoms with E-state index < -0.39 is 78.6 Å². The van der Waals surface area contributed by atoms with Gasteiger partial charge >= 0.3 is 5.97 Å². The minimum Gasteiger partial charge on any atom is -0.481 e. The molecule has 0 bridgehead atoms. The van der Waals surface area contributed by atoms with E-state index in [1.54, 1.807) is 44.2 Å². The first-order valence-electron chi connectivity index (χ1n) is 15.3. The van der Waals surface area contributed by atoms with Crippen LogP contribution in [0.1, 0.15) is 51.5 Å². The van der Waals surface area contributed by atoms with Crippen molar-refractivity contribution in [2.75, 3.05) is 26.2 Å². The van der Waals surface area contributed by atoms with Crippen LogP contribution in [0.25, 0.3) is 0 Å². The Morgan fingerprint density at radius 2 is 1.61 bits per heavy atom. The van der Waals surface area contributed by atoms with Crippen molar-refractivity contribution < 1.29 is 33.9 Å². The zero-order chi connectivity index (χ0) is 34.2. The molecule has 1 saturated heterocycles. The van der Waals surface area contributed by atoms with Crippen molar-refractivity contribution in [1.82, 2.24) is 26.2 Å². The number of guanidine groups is 1. The molecule has 0 radical (unpaired) electrons. The van der Waals surface area contributed by atoms with Gasteiger partial charge in [-0.25, -0.2) is 0 Å². The summed E-state index contributed by atoms with van der Waals surface area (Å²) in [4.78, 5) is 84.7. The maximum Gasteiger partial charge on any atom is 0.305 e. The van der Waals surface area contributed by atoms with Crippen LogP contribution in [0.3, 0.4) is 0 Å². The van der Waals surface area contributed by atoms with E-state index in [2.05, 4.69) is 26.3 Å². The lowest BCUT2D eigenvalue weighted by Gasteiger charge is -2.37. The number of carbonyl (C=O) groups excluding carboxylic acids is 5. The van der Waals surface area contributed by atoms with E-state index in [1.807, 2.05) is 0 Å². The van der Waals surface area contributed by atoms with Crippen LogP contribution in [0, 0.1) is 5.92 Å². The Morgan fingerprint density at radius 1 is 0.935 bits per heavy atom. The lowest BCUT2D eigenvalue weighted by Crippen LogP contribution is -2.61. The Bertz CT molecular complexity index is 1240. The molecule has 254 valence electrons. The number of unbranched alkanes of at least 4 members (excludes halogenated alkanes) is 1. The van der Waals surface area contributed by atoms with E-state index >= 15 is 0 Å². The molecule has 1 aromatic rings. The van der Waals surface area contributed by atoms with E-state index in [0.29, 0.717) is 31.4 Å². The summed E-state index contributed by atoms with van der Waals surface area (Å²) in [6.45, 7) is 3.54. The quantitative estimate of drug-likeness (QED) is 0.0660. The Balaban J connectivity index is 2.62. The molecule has 1 heterocycles. The van der Waals surface area contributed by atoms with Gasteiger partial charge in [-0.15, -0.1) is 0 Å². The third kappa shape index (κ3) is 12.3. The van der Waals surface area contributed by atoms with Crippen LogP contribution in [0.15, 0.2) is 35.3 Å². The summed E-state index contributed by atoms with van der Waals surface area (Å²) >= 11 is 0. The average molecular weight is 646 g/mol. The third-order valence-corrected chi connectivity index (χ3v) is 7.30. The number of rotatable bonds is 13. The monoisotopic (exact) mass is 645 g/mol. The first kappa shape index (κ1) is 37.5. The molecule has 5 amide bonds. The predicted molar refractivity (Wildman–Crippen MR) is 170 cm³/mol. The number of hydrogen-bond donors (Lipinski definition) is 8. The van der Waals surface area contributed by atoms with Crippen molar-refractivity contribution in [2.24, 2.45) is 28.1 Å². The van der Waals surface area contributed by atoms with Gasteiger partial charge in [0, 0.05) is 19.5 Å². The zero-order valence-corrected chi connectivity index (χ0v) is 26.4. The second-order valence-electron chi connectivity index (χ2n) is 11.4. The molecule has 0 aromatic heterocycles. The predicted octanol–water partition coefficient (Wildman–Crippen LogP) is -2.07. The van der Waals surface area contributed by atoms with E-state index in [1.165, 1.54) is 4.90 Å². The largest absolute Gasteiger partial charge is 0.481 e. The van der Waals surface area contributed by atoms with Crippen LogP contribution in [0.4, 0.5) is 0 Å². The molecule has 1 aliphatic rings. The number of nitrogens with one attached hydrogen (secondary N) is 4. The molecule has 16 nitrogen and oxygen atoms in total. The van der Waals surface area contributed by atoms with Gasteiger partial charge in [-0.2, -0.15) is 0 Å². The van der Waals surface area contributed by atoms with Crippen LogP contribution >= 0.6 is 0 Å². The fourth-order valence-corrected chi connectivity index (χ4v) is 5.09. The molecule has 2 rings (SSSR count).